The molecule has 2 saturated heterocycles. The molecule has 2 N–H and O–H groups in total. The maximum Gasteiger partial charge on any atom is 0.274 e. The number of fused-ring (bicyclic) bond motifs is 1. The Bertz CT molecular complexity index is 1530. The third kappa shape index (κ3) is 3.49. The molecule has 180 valence electrons. The number of hydrogen-bond acceptors (Lipinski definition) is 5. The molecular weight excluding hydrogens is 452 g/mol. The Kier molecular flexibility index (Phi) is 4.23. The number of anilines is 1. The Morgan fingerprint density at radius 1 is 1.12 bits per heavy atom. The summed E-state index contributed by atoms with van der Waals surface area (Å²) in [5, 5.41) is 10.5. The van der Waals surface area contributed by atoms with Crippen molar-refractivity contribution in [1.29, 1.82) is 0 Å². The fourth-order valence-electron chi connectivity index (χ4n) is 5.51. The molecule has 2 aromatic heterocycles. The highest BCUT2D eigenvalue weighted by molar-refractivity contribution is 7.89. The molecule has 0 bridgehead atoms. The predicted octanol–water partition coefficient (Wildman–Crippen LogP) is 2.67. The summed E-state index contributed by atoms with van der Waals surface area (Å²) in [6.07, 6.45) is 7.22. The van der Waals surface area contributed by atoms with Crippen molar-refractivity contribution >= 4 is 26.6 Å². The van der Waals surface area contributed by atoms with E-state index in [4.69, 9.17) is 4.11 Å². The van der Waals surface area contributed by atoms with Crippen molar-refractivity contribution in [3.63, 3.8) is 0 Å². The van der Waals surface area contributed by atoms with E-state index in [1.54, 1.807) is 30.5 Å². The number of β-amino-alcohol motifs (C(OH)–C–C–N with tert-alkyl or cyclic N) is 1. The maximum atomic E-state index is 13.5. The number of pyridine rings is 1. The van der Waals surface area contributed by atoms with Gasteiger partial charge in [-0.3, -0.25) is 4.79 Å². The normalized spacial score (nSPS) is 24.3. The van der Waals surface area contributed by atoms with E-state index in [1.165, 1.54) is 23.3 Å². The Hall–Kier alpha value is -2.62. The maximum absolute atomic E-state index is 13.5. The van der Waals surface area contributed by atoms with Crippen LogP contribution in [0.4, 0.5) is 5.69 Å². The molecule has 3 fully saturated rings. The SMILES string of the molecule is [2H]C([2H])([2H])n1cc(-c2cc(S(=O)(=O)N3CC[C@@H](O)C3)ccc2N2CCC3(CC2)CC3)c2cc[nH]c2c1=O. The number of piperidine rings is 1. The summed E-state index contributed by atoms with van der Waals surface area (Å²) in [4.78, 5) is 18.1. The van der Waals surface area contributed by atoms with Crippen LogP contribution in [0.1, 0.15) is 36.2 Å². The van der Waals surface area contributed by atoms with Crippen LogP contribution < -0.4 is 10.5 Å². The van der Waals surface area contributed by atoms with Gasteiger partial charge in [-0.1, -0.05) is 0 Å². The lowest BCUT2D eigenvalue weighted by molar-refractivity contribution is 0.189. The van der Waals surface area contributed by atoms with Gasteiger partial charge in [0.25, 0.3) is 5.56 Å². The van der Waals surface area contributed by atoms with Gasteiger partial charge in [-0.25, -0.2) is 8.42 Å². The van der Waals surface area contributed by atoms with Crippen LogP contribution in [0.3, 0.4) is 0 Å². The minimum Gasteiger partial charge on any atom is -0.392 e. The van der Waals surface area contributed by atoms with Crippen LogP contribution in [-0.2, 0) is 17.0 Å². The lowest BCUT2D eigenvalue weighted by Gasteiger charge is -2.35. The number of rotatable bonds is 4. The standard InChI is InChI=1S/C25H30N4O4S/c1-27-16-21(19-4-10-26-23(19)24(27)31)20-14-18(34(32,33)29-11-5-17(30)15-29)2-3-22(20)28-12-8-25(6-7-25)9-13-28/h2-4,10,14,16-17,26,30H,5-9,11-13,15H2,1H3/t17-/m1/s1/i1D3. The summed E-state index contributed by atoms with van der Waals surface area (Å²) in [5.41, 5.74) is 1.80. The molecule has 4 heterocycles. The zero-order valence-electron chi connectivity index (χ0n) is 21.8. The van der Waals surface area contributed by atoms with Crippen LogP contribution in [0.25, 0.3) is 22.0 Å². The van der Waals surface area contributed by atoms with Crippen molar-refractivity contribution in [2.24, 2.45) is 12.4 Å². The fraction of sp³-hybridized carbons (Fsp3) is 0.480. The molecule has 34 heavy (non-hydrogen) atoms. The average Bonchev–Trinajstić information content (AvgIpc) is 3.21. The van der Waals surface area contributed by atoms with Crippen molar-refractivity contribution in [2.75, 3.05) is 31.1 Å². The number of aromatic nitrogens is 2. The number of nitrogens with one attached hydrogen (secondary N) is 1. The molecular formula is C25H30N4O4S. The van der Waals surface area contributed by atoms with Crippen LogP contribution >= 0.6 is 0 Å². The molecule has 6 rings (SSSR count). The van der Waals surface area contributed by atoms with E-state index in [0.29, 0.717) is 28.3 Å². The van der Waals surface area contributed by atoms with Crippen molar-refractivity contribution in [1.82, 2.24) is 13.9 Å². The Balaban J connectivity index is 1.54. The van der Waals surface area contributed by atoms with Gasteiger partial charge in [0.05, 0.1) is 11.0 Å². The lowest BCUT2D eigenvalue weighted by atomic mass is 9.92. The highest BCUT2D eigenvalue weighted by Crippen LogP contribution is 2.54. The Morgan fingerprint density at radius 3 is 2.59 bits per heavy atom. The van der Waals surface area contributed by atoms with Gasteiger partial charge >= 0.3 is 0 Å². The number of H-pyrrole nitrogens is 1. The molecule has 9 heteroatoms. The van der Waals surface area contributed by atoms with Gasteiger partial charge in [-0.15, -0.1) is 0 Å². The molecule has 1 aliphatic carbocycles. The number of aromatic amines is 1. The van der Waals surface area contributed by atoms with Crippen molar-refractivity contribution in [3.8, 4) is 11.1 Å². The molecule has 0 unspecified atom stereocenters. The number of aryl methyl sites for hydroxylation is 1. The van der Waals surface area contributed by atoms with Crippen LogP contribution in [0.15, 0.2) is 46.3 Å². The highest BCUT2D eigenvalue weighted by Gasteiger charge is 2.44. The monoisotopic (exact) mass is 485 g/mol. The number of benzene rings is 1. The van der Waals surface area contributed by atoms with Crippen LogP contribution in [-0.4, -0.2) is 59.7 Å². The van der Waals surface area contributed by atoms with E-state index in [0.717, 1.165) is 36.2 Å². The van der Waals surface area contributed by atoms with E-state index in [-0.39, 0.29) is 23.5 Å². The van der Waals surface area contributed by atoms with E-state index in [1.807, 2.05) is 0 Å². The topological polar surface area (TPSA) is 98.6 Å². The molecule has 2 aliphatic heterocycles. The van der Waals surface area contributed by atoms with E-state index in [9.17, 15) is 18.3 Å². The summed E-state index contributed by atoms with van der Waals surface area (Å²) in [6.45, 7) is -0.774. The van der Waals surface area contributed by atoms with Crippen molar-refractivity contribution in [3.05, 3.63) is 47.0 Å². The van der Waals surface area contributed by atoms with Gasteiger partial charge in [-0.2, -0.15) is 4.31 Å². The minimum atomic E-state index is -3.88. The number of aliphatic hydroxyl groups is 1. The van der Waals surface area contributed by atoms with E-state index >= 15 is 0 Å². The lowest BCUT2D eigenvalue weighted by Crippen LogP contribution is -2.35. The summed E-state index contributed by atoms with van der Waals surface area (Å²) in [5.74, 6) is 0. The minimum absolute atomic E-state index is 0.0413. The summed E-state index contributed by atoms with van der Waals surface area (Å²) in [6, 6.07) is 6.69. The first-order valence-electron chi connectivity index (χ1n) is 13.3. The van der Waals surface area contributed by atoms with Gasteiger partial charge in [0, 0.05) is 71.9 Å². The Morgan fingerprint density at radius 2 is 1.91 bits per heavy atom. The average molecular weight is 486 g/mol. The number of sulfonamides is 1. The quantitative estimate of drug-likeness (QED) is 0.592. The highest BCUT2D eigenvalue weighted by atomic mass is 32.2. The van der Waals surface area contributed by atoms with Gasteiger partial charge in [0.2, 0.25) is 10.0 Å². The second-order valence-corrected chi connectivity index (χ2v) is 11.9. The van der Waals surface area contributed by atoms with Crippen LogP contribution in [0.2, 0.25) is 0 Å². The first-order valence-corrected chi connectivity index (χ1v) is 13.2. The Labute approximate surface area is 203 Å². The van der Waals surface area contributed by atoms with E-state index in [2.05, 4.69) is 9.88 Å². The van der Waals surface area contributed by atoms with Crippen molar-refractivity contribution in [2.45, 2.75) is 43.1 Å². The van der Waals surface area contributed by atoms with Gasteiger partial charge < -0.3 is 19.6 Å². The summed E-state index contributed by atoms with van der Waals surface area (Å²) >= 11 is 0. The smallest absolute Gasteiger partial charge is 0.274 e. The zero-order chi connectivity index (χ0) is 26.2. The molecule has 8 nitrogen and oxygen atoms in total. The first-order chi connectivity index (χ1) is 17.5. The third-order valence-electron chi connectivity index (χ3n) is 7.87. The third-order valence-corrected chi connectivity index (χ3v) is 9.73. The molecule has 1 spiro atoms. The molecule has 1 aromatic carbocycles. The number of aliphatic hydroxyl groups excluding tert-OH is 1. The van der Waals surface area contributed by atoms with Gasteiger partial charge in [-0.05, 0) is 61.8 Å². The molecule has 0 amide bonds. The number of nitrogens with zero attached hydrogens (tertiary/aromatic N) is 3. The molecule has 3 aliphatic rings. The number of hydrogen-bond donors (Lipinski definition) is 2. The van der Waals surface area contributed by atoms with Gasteiger partial charge in [0.15, 0.2) is 0 Å². The van der Waals surface area contributed by atoms with Crippen molar-refractivity contribution < 1.29 is 17.6 Å². The predicted molar refractivity (Wildman–Crippen MR) is 131 cm³/mol. The molecule has 0 radical (unpaired) electrons. The summed E-state index contributed by atoms with van der Waals surface area (Å²) in [7, 11) is -3.88. The van der Waals surface area contributed by atoms with Crippen LogP contribution in [0, 0.1) is 5.41 Å². The largest absolute Gasteiger partial charge is 0.392 e. The molecule has 3 aromatic rings. The fourth-order valence-corrected chi connectivity index (χ4v) is 7.03. The first kappa shape index (κ1) is 18.7. The second kappa shape index (κ2) is 7.69. The molecule has 1 saturated carbocycles. The van der Waals surface area contributed by atoms with E-state index < -0.39 is 28.7 Å². The summed E-state index contributed by atoms with van der Waals surface area (Å²) < 4.78 is 52.8. The second-order valence-electron chi connectivity index (χ2n) is 9.96. The van der Waals surface area contributed by atoms with Gasteiger partial charge in [0.1, 0.15) is 5.52 Å². The molecule has 1 atom stereocenters. The zero-order valence-corrected chi connectivity index (χ0v) is 19.6. The van der Waals surface area contributed by atoms with Crippen LogP contribution in [0.5, 0.6) is 0 Å².